The number of methoxy groups -OCH3 is 1. The Morgan fingerprint density at radius 3 is 2.50 bits per heavy atom. The molecule has 0 N–H and O–H groups in total. The van der Waals surface area contributed by atoms with Crippen molar-refractivity contribution in [2.75, 3.05) is 13.7 Å². The molecule has 0 rings (SSSR count). The number of carbonyl (C=O) groups excluding carboxylic acids is 2. The predicted molar refractivity (Wildman–Crippen MR) is 70.3 cm³/mol. The van der Waals surface area contributed by atoms with Crippen LogP contribution in [0.2, 0.25) is 0 Å². The number of esters is 1. The van der Waals surface area contributed by atoms with Crippen molar-refractivity contribution in [3.63, 3.8) is 0 Å². The van der Waals surface area contributed by atoms with Crippen LogP contribution in [0.15, 0.2) is 12.7 Å². The minimum atomic E-state index is -0.533. The molecule has 4 heteroatoms. The van der Waals surface area contributed by atoms with Crippen LogP contribution in [0.3, 0.4) is 0 Å². The van der Waals surface area contributed by atoms with Crippen molar-refractivity contribution >= 4 is 11.8 Å². The topological polar surface area (TPSA) is 52.6 Å². The van der Waals surface area contributed by atoms with E-state index >= 15 is 0 Å². The number of hydrogen-bond acceptors (Lipinski definition) is 4. The van der Waals surface area contributed by atoms with Gasteiger partial charge in [-0.2, -0.15) is 0 Å². The summed E-state index contributed by atoms with van der Waals surface area (Å²) in [6.45, 7) is 7.23. The Morgan fingerprint density at radius 1 is 1.33 bits per heavy atom. The molecule has 0 fully saturated rings. The second-order valence-corrected chi connectivity index (χ2v) is 4.36. The minimum absolute atomic E-state index is 0.0431. The first-order chi connectivity index (χ1) is 8.52. The van der Waals surface area contributed by atoms with E-state index in [0.29, 0.717) is 13.0 Å². The third-order valence-electron chi connectivity index (χ3n) is 2.92. The van der Waals surface area contributed by atoms with E-state index in [1.807, 2.05) is 6.08 Å². The smallest absolute Gasteiger partial charge is 0.334 e. The van der Waals surface area contributed by atoms with Crippen LogP contribution in [0.4, 0.5) is 0 Å². The monoisotopic (exact) mass is 256 g/mol. The Labute approximate surface area is 109 Å². The van der Waals surface area contributed by atoms with Crippen LogP contribution in [-0.2, 0) is 19.1 Å². The van der Waals surface area contributed by atoms with E-state index in [-0.39, 0.29) is 17.7 Å². The summed E-state index contributed by atoms with van der Waals surface area (Å²) in [6, 6.07) is 0. The van der Waals surface area contributed by atoms with Gasteiger partial charge in [-0.05, 0) is 39.5 Å². The second kappa shape index (κ2) is 9.83. The van der Waals surface area contributed by atoms with Crippen LogP contribution >= 0.6 is 0 Å². The van der Waals surface area contributed by atoms with Crippen molar-refractivity contribution in [3.05, 3.63) is 12.7 Å². The predicted octanol–water partition coefficient (Wildman–Crippen LogP) is 2.52. The maximum Gasteiger partial charge on any atom is 0.334 e. The third kappa shape index (κ3) is 7.22. The molecule has 0 heterocycles. The fraction of sp³-hybridized carbons (Fsp3) is 0.714. The van der Waals surface area contributed by atoms with E-state index in [2.05, 4.69) is 6.58 Å². The average Bonchev–Trinajstić information content (AvgIpc) is 2.36. The number of ether oxygens (including phenoxy) is 2. The highest BCUT2D eigenvalue weighted by Gasteiger charge is 2.15. The van der Waals surface area contributed by atoms with E-state index in [1.54, 1.807) is 13.8 Å². The van der Waals surface area contributed by atoms with Crippen molar-refractivity contribution in [2.24, 2.45) is 5.92 Å². The molecule has 4 nitrogen and oxygen atoms in total. The Bertz CT molecular complexity index is 273. The maximum atomic E-state index is 11.4. The van der Waals surface area contributed by atoms with Crippen LogP contribution < -0.4 is 0 Å². The molecule has 0 aromatic heterocycles. The quantitative estimate of drug-likeness (QED) is 0.342. The van der Waals surface area contributed by atoms with E-state index in [9.17, 15) is 9.59 Å². The Hall–Kier alpha value is -1.16. The lowest BCUT2D eigenvalue weighted by Gasteiger charge is -2.13. The van der Waals surface area contributed by atoms with Crippen LogP contribution in [0.5, 0.6) is 0 Å². The molecule has 0 saturated heterocycles. The molecule has 0 saturated carbocycles. The average molecular weight is 256 g/mol. The largest absolute Gasteiger partial charge is 0.464 e. The molecule has 0 aromatic carbocycles. The SMILES string of the molecule is C=CCCC(CCCOC(=O)C(C)OC)C(C)=O. The summed E-state index contributed by atoms with van der Waals surface area (Å²) in [6.07, 6.45) is 4.39. The fourth-order valence-corrected chi connectivity index (χ4v) is 1.59. The first-order valence-electron chi connectivity index (χ1n) is 6.33. The third-order valence-corrected chi connectivity index (χ3v) is 2.92. The zero-order valence-corrected chi connectivity index (χ0v) is 11.6. The van der Waals surface area contributed by atoms with Gasteiger partial charge in [0, 0.05) is 13.0 Å². The van der Waals surface area contributed by atoms with Crippen molar-refractivity contribution in [2.45, 2.75) is 45.6 Å². The van der Waals surface area contributed by atoms with E-state index in [0.717, 1.165) is 19.3 Å². The van der Waals surface area contributed by atoms with Gasteiger partial charge in [-0.15, -0.1) is 6.58 Å². The summed E-state index contributed by atoms with van der Waals surface area (Å²) in [4.78, 5) is 22.7. The molecule has 0 aliphatic heterocycles. The lowest BCUT2D eigenvalue weighted by Crippen LogP contribution is -2.22. The van der Waals surface area contributed by atoms with Crippen LogP contribution in [0.25, 0.3) is 0 Å². The molecule has 0 aliphatic carbocycles. The first kappa shape index (κ1) is 16.8. The van der Waals surface area contributed by atoms with Crippen molar-refractivity contribution < 1.29 is 19.1 Å². The van der Waals surface area contributed by atoms with E-state index in [4.69, 9.17) is 9.47 Å². The van der Waals surface area contributed by atoms with Crippen LogP contribution in [0, 0.1) is 5.92 Å². The fourth-order valence-electron chi connectivity index (χ4n) is 1.59. The number of rotatable bonds is 10. The van der Waals surface area contributed by atoms with Crippen molar-refractivity contribution in [1.29, 1.82) is 0 Å². The number of Topliss-reactive ketones (excluding diaryl/α,β-unsaturated/α-hetero) is 1. The van der Waals surface area contributed by atoms with Gasteiger partial charge >= 0.3 is 5.97 Å². The molecule has 0 radical (unpaired) electrons. The Morgan fingerprint density at radius 2 is 2.00 bits per heavy atom. The molecule has 0 amide bonds. The van der Waals surface area contributed by atoms with E-state index < -0.39 is 6.10 Å². The summed E-state index contributed by atoms with van der Waals surface area (Å²) in [5.41, 5.74) is 0. The molecule has 0 bridgehead atoms. The summed E-state index contributed by atoms with van der Waals surface area (Å²) in [5, 5.41) is 0. The zero-order chi connectivity index (χ0) is 14.0. The number of ketones is 1. The molecule has 18 heavy (non-hydrogen) atoms. The standard InChI is InChI=1S/C14H24O4/c1-5-6-8-13(11(2)15)9-7-10-18-14(16)12(3)17-4/h5,12-13H,1,6-10H2,2-4H3. The molecule has 2 unspecified atom stereocenters. The lowest BCUT2D eigenvalue weighted by atomic mass is 9.94. The van der Waals surface area contributed by atoms with Gasteiger partial charge < -0.3 is 9.47 Å². The number of carbonyl (C=O) groups is 2. The molecule has 0 aliphatic rings. The van der Waals surface area contributed by atoms with E-state index in [1.165, 1.54) is 7.11 Å². The highest BCUT2D eigenvalue weighted by molar-refractivity contribution is 5.78. The molecular formula is C14H24O4. The number of hydrogen-bond donors (Lipinski definition) is 0. The van der Waals surface area contributed by atoms with Crippen molar-refractivity contribution in [1.82, 2.24) is 0 Å². The van der Waals surface area contributed by atoms with Gasteiger partial charge in [-0.3, -0.25) is 4.79 Å². The lowest BCUT2D eigenvalue weighted by molar-refractivity contribution is -0.154. The highest BCUT2D eigenvalue weighted by atomic mass is 16.6. The summed E-state index contributed by atoms with van der Waals surface area (Å²) < 4.78 is 9.88. The summed E-state index contributed by atoms with van der Waals surface area (Å²) in [7, 11) is 1.47. The van der Waals surface area contributed by atoms with Gasteiger partial charge in [0.1, 0.15) is 5.78 Å². The second-order valence-electron chi connectivity index (χ2n) is 4.36. The zero-order valence-electron chi connectivity index (χ0n) is 11.6. The van der Waals surface area contributed by atoms with Gasteiger partial charge in [0.05, 0.1) is 6.61 Å². The minimum Gasteiger partial charge on any atom is -0.464 e. The van der Waals surface area contributed by atoms with Gasteiger partial charge in [0.25, 0.3) is 0 Å². The summed E-state index contributed by atoms with van der Waals surface area (Å²) in [5.74, 6) is -0.127. The van der Waals surface area contributed by atoms with Crippen LogP contribution in [-0.4, -0.2) is 31.6 Å². The maximum absolute atomic E-state index is 11.4. The first-order valence-corrected chi connectivity index (χ1v) is 6.33. The molecule has 0 spiro atoms. The van der Waals surface area contributed by atoms with Gasteiger partial charge in [0.15, 0.2) is 6.10 Å². The Kier molecular flexibility index (Phi) is 9.19. The normalized spacial score (nSPS) is 13.7. The van der Waals surface area contributed by atoms with Crippen molar-refractivity contribution in [3.8, 4) is 0 Å². The molecule has 2 atom stereocenters. The highest BCUT2D eigenvalue weighted by Crippen LogP contribution is 2.15. The van der Waals surface area contributed by atoms with Gasteiger partial charge in [0.2, 0.25) is 0 Å². The van der Waals surface area contributed by atoms with Gasteiger partial charge in [-0.1, -0.05) is 6.08 Å². The summed E-state index contributed by atoms with van der Waals surface area (Å²) >= 11 is 0. The Balaban J connectivity index is 3.82. The molecule has 0 aromatic rings. The molecule has 104 valence electrons. The molecular weight excluding hydrogens is 232 g/mol. The number of allylic oxidation sites excluding steroid dienone is 1. The van der Waals surface area contributed by atoms with Gasteiger partial charge in [-0.25, -0.2) is 4.79 Å². The van der Waals surface area contributed by atoms with Crippen LogP contribution in [0.1, 0.15) is 39.5 Å².